The second-order valence-corrected chi connectivity index (χ2v) is 14.4. The van der Waals surface area contributed by atoms with Gasteiger partial charge in [0.05, 0.1) is 67.5 Å². The molecule has 0 aromatic heterocycles. The van der Waals surface area contributed by atoms with Crippen molar-refractivity contribution in [3.05, 3.63) is 63.7 Å². The zero-order valence-electron chi connectivity index (χ0n) is 30.3. The molecule has 286 valence electrons. The van der Waals surface area contributed by atoms with Gasteiger partial charge in [0.25, 0.3) is 0 Å². The Morgan fingerprint density at radius 2 is 1.83 bits per heavy atom. The number of nitrogens with two attached hydrogens (primary N) is 1. The molecule has 53 heavy (non-hydrogen) atoms. The number of fused-ring (bicyclic) bond motifs is 3. The number of methoxy groups -OCH3 is 1. The summed E-state index contributed by atoms with van der Waals surface area (Å²) in [4.78, 5) is 40.7. The van der Waals surface area contributed by atoms with Crippen LogP contribution in [0.5, 0.6) is 17.2 Å². The number of aliphatic hydroxyl groups is 2. The molecule has 1 aliphatic heterocycles. The summed E-state index contributed by atoms with van der Waals surface area (Å²) >= 11 is 0. The highest BCUT2D eigenvalue weighted by Crippen LogP contribution is 2.52. The number of phenolic OH excluding ortho intramolecular Hbond substituents is 2. The van der Waals surface area contributed by atoms with Gasteiger partial charge in [-0.05, 0) is 51.0 Å². The van der Waals surface area contributed by atoms with Crippen molar-refractivity contribution in [3.63, 3.8) is 0 Å². The SMILES string of the molecule is COc1cccc2c1C(=O)c1c(O)c3c(c(O)c1C2=O)C[C@@](O)(/C(CO)=N\NC(=O)CCOC1CC/C=C/CCC1)C[C@@H]3OC1C[C@H](N)[C@H](C)[C@H](C)O1. The Balaban J connectivity index is 1.33. The minimum absolute atomic E-state index is 0.00424. The van der Waals surface area contributed by atoms with Gasteiger partial charge in [-0.25, -0.2) is 5.43 Å². The highest BCUT2D eigenvalue weighted by Gasteiger charge is 2.49. The molecule has 0 spiro atoms. The minimum atomic E-state index is -2.07. The van der Waals surface area contributed by atoms with E-state index in [0.29, 0.717) is 0 Å². The number of hydrazone groups is 1. The smallest absolute Gasteiger partial charge is 0.242 e. The third kappa shape index (κ3) is 7.62. The molecule has 0 radical (unpaired) electrons. The number of rotatable bonds is 10. The third-order valence-corrected chi connectivity index (χ3v) is 11.0. The fourth-order valence-electron chi connectivity index (χ4n) is 7.81. The molecular weight excluding hydrogens is 686 g/mol. The van der Waals surface area contributed by atoms with E-state index >= 15 is 0 Å². The van der Waals surface area contributed by atoms with E-state index in [1.54, 1.807) is 0 Å². The Bertz CT molecular complexity index is 1800. The molecule has 6 rings (SSSR count). The summed E-state index contributed by atoms with van der Waals surface area (Å²) in [5.74, 6) is -3.10. The maximum atomic E-state index is 14.0. The fourth-order valence-corrected chi connectivity index (χ4v) is 7.81. The van der Waals surface area contributed by atoms with E-state index in [-0.39, 0.29) is 83.8 Å². The number of aromatic hydroxyl groups is 2. The summed E-state index contributed by atoms with van der Waals surface area (Å²) in [6.45, 7) is 3.16. The number of nitrogens with one attached hydrogen (secondary N) is 1. The number of nitrogens with zero attached hydrogens (tertiary/aromatic N) is 1. The second kappa shape index (κ2) is 16.0. The number of carbonyl (C=O) groups excluding carboxylic acids is 3. The van der Waals surface area contributed by atoms with Crippen LogP contribution >= 0.6 is 0 Å². The van der Waals surface area contributed by atoms with Crippen molar-refractivity contribution in [2.75, 3.05) is 20.3 Å². The lowest BCUT2D eigenvalue weighted by atomic mass is 9.71. The van der Waals surface area contributed by atoms with E-state index in [4.69, 9.17) is 24.7 Å². The van der Waals surface area contributed by atoms with E-state index < -0.39 is 71.1 Å². The van der Waals surface area contributed by atoms with Crippen LogP contribution in [0.25, 0.3) is 0 Å². The number of aliphatic hydroxyl groups excluding tert-OH is 1. The van der Waals surface area contributed by atoms with Gasteiger partial charge in [-0.3, -0.25) is 14.4 Å². The van der Waals surface area contributed by atoms with Gasteiger partial charge in [0.1, 0.15) is 22.8 Å². The number of carbonyl (C=O) groups is 3. The molecule has 4 aliphatic rings. The second-order valence-electron chi connectivity index (χ2n) is 14.4. The first-order chi connectivity index (χ1) is 25.4. The average Bonchev–Trinajstić information content (AvgIpc) is 3.11. The quantitative estimate of drug-likeness (QED) is 0.0763. The maximum Gasteiger partial charge on any atom is 0.242 e. The van der Waals surface area contributed by atoms with Gasteiger partial charge < -0.3 is 45.1 Å². The molecule has 1 heterocycles. The number of benzene rings is 2. The molecule has 1 amide bonds. The number of allylic oxidation sites excluding steroid dienone is 2. The molecule has 2 unspecified atom stereocenters. The van der Waals surface area contributed by atoms with Crippen LogP contribution in [-0.2, 0) is 25.4 Å². The molecule has 1 saturated heterocycles. The van der Waals surface area contributed by atoms with Crippen LogP contribution in [-0.4, -0.2) is 94.1 Å². The number of ether oxygens (including phenoxy) is 4. The summed E-state index contributed by atoms with van der Waals surface area (Å²) in [5, 5.41) is 50.5. The highest BCUT2D eigenvalue weighted by atomic mass is 16.7. The lowest BCUT2D eigenvalue weighted by molar-refractivity contribution is -0.234. The average molecular weight is 736 g/mol. The van der Waals surface area contributed by atoms with E-state index in [2.05, 4.69) is 22.7 Å². The predicted molar refractivity (Wildman–Crippen MR) is 192 cm³/mol. The summed E-state index contributed by atoms with van der Waals surface area (Å²) in [7, 11) is 1.35. The Labute approximate surface area is 307 Å². The normalized spacial score (nSPS) is 29.3. The molecule has 2 aromatic carbocycles. The van der Waals surface area contributed by atoms with Crippen LogP contribution in [0.3, 0.4) is 0 Å². The predicted octanol–water partition coefficient (Wildman–Crippen LogP) is 3.48. The molecule has 2 aromatic rings. The standard InChI is InChI=1S/C39H49N3O11/c1-20-21(2)52-30(16-25(20)40)53-27-18-39(49,28(19-43)41-42-29(44)14-15-51-22-10-7-5-4-6-8-11-22)17-24-32(27)38(48)34-33(36(24)46)35(45)23-12-9-13-26(50-3)31(23)37(34)47/h4-5,9,12-13,20-22,25,27,30,43,46,48-49H,6-8,10-11,14-19,40H2,1-3H3,(H,42,44)/b5-4+,41-28-/t20-,21+,22?,25+,27+,30?,39+/m1/s1. The molecule has 7 atom stereocenters. The van der Waals surface area contributed by atoms with Gasteiger partial charge in [0.15, 0.2) is 12.1 Å². The Kier molecular flexibility index (Phi) is 11.7. The van der Waals surface area contributed by atoms with Gasteiger partial charge in [0.2, 0.25) is 11.7 Å². The summed E-state index contributed by atoms with van der Waals surface area (Å²) in [6.07, 6.45) is 5.97. The van der Waals surface area contributed by atoms with Crippen molar-refractivity contribution >= 4 is 23.2 Å². The minimum Gasteiger partial charge on any atom is -0.507 e. The van der Waals surface area contributed by atoms with Crippen LogP contribution in [0.2, 0.25) is 0 Å². The first kappa shape index (κ1) is 38.5. The monoisotopic (exact) mass is 735 g/mol. The van der Waals surface area contributed by atoms with Crippen molar-refractivity contribution in [1.82, 2.24) is 5.43 Å². The highest BCUT2D eigenvalue weighted by molar-refractivity contribution is 6.31. The summed E-state index contributed by atoms with van der Waals surface area (Å²) in [5.41, 5.74) is 5.39. The fraction of sp³-hybridized carbons (Fsp3) is 0.538. The van der Waals surface area contributed by atoms with Gasteiger partial charge in [-0.15, -0.1) is 0 Å². The van der Waals surface area contributed by atoms with E-state index in [1.807, 2.05) is 13.8 Å². The van der Waals surface area contributed by atoms with Crippen LogP contribution in [0.15, 0.2) is 35.5 Å². The topological polar surface area (TPSA) is 219 Å². The van der Waals surface area contributed by atoms with Crippen LogP contribution in [0, 0.1) is 5.92 Å². The van der Waals surface area contributed by atoms with Gasteiger partial charge in [0, 0.05) is 42.0 Å². The molecular formula is C39H49N3O11. The number of amides is 1. The van der Waals surface area contributed by atoms with Crippen molar-refractivity contribution in [1.29, 1.82) is 0 Å². The van der Waals surface area contributed by atoms with Crippen LogP contribution < -0.4 is 15.9 Å². The van der Waals surface area contributed by atoms with Crippen LogP contribution in [0.4, 0.5) is 0 Å². The molecule has 3 aliphatic carbocycles. The van der Waals surface area contributed by atoms with Crippen LogP contribution in [0.1, 0.15) is 114 Å². The Hall–Kier alpha value is -4.18. The first-order valence-electron chi connectivity index (χ1n) is 18.3. The summed E-state index contributed by atoms with van der Waals surface area (Å²) in [6, 6.07) is 4.16. The Morgan fingerprint density at radius 3 is 2.57 bits per heavy atom. The maximum absolute atomic E-state index is 14.0. The van der Waals surface area contributed by atoms with Crippen molar-refractivity contribution in [3.8, 4) is 17.2 Å². The van der Waals surface area contributed by atoms with Gasteiger partial charge in [-0.2, -0.15) is 5.10 Å². The Morgan fingerprint density at radius 1 is 1.08 bits per heavy atom. The molecule has 14 nitrogen and oxygen atoms in total. The molecule has 14 heteroatoms. The molecule has 0 saturated carbocycles. The largest absolute Gasteiger partial charge is 0.507 e. The molecule has 0 bridgehead atoms. The van der Waals surface area contributed by atoms with Crippen molar-refractivity contribution in [2.24, 2.45) is 16.8 Å². The zero-order valence-corrected chi connectivity index (χ0v) is 30.3. The van der Waals surface area contributed by atoms with Gasteiger partial charge >= 0.3 is 0 Å². The van der Waals surface area contributed by atoms with E-state index in [0.717, 1.165) is 32.1 Å². The summed E-state index contributed by atoms with van der Waals surface area (Å²) < 4.78 is 23.8. The lowest BCUT2D eigenvalue weighted by Crippen LogP contribution is -2.50. The first-order valence-corrected chi connectivity index (χ1v) is 18.3. The zero-order chi connectivity index (χ0) is 38.0. The third-order valence-electron chi connectivity index (χ3n) is 11.0. The van der Waals surface area contributed by atoms with Gasteiger partial charge in [-0.1, -0.05) is 31.2 Å². The number of phenols is 2. The van der Waals surface area contributed by atoms with E-state index in [1.165, 1.54) is 25.3 Å². The number of hydrogen-bond acceptors (Lipinski definition) is 13. The van der Waals surface area contributed by atoms with Crippen molar-refractivity contribution < 1.29 is 53.8 Å². The number of hydrogen-bond donors (Lipinski definition) is 6. The lowest BCUT2D eigenvalue weighted by Gasteiger charge is -2.43. The van der Waals surface area contributed by atoms with Crippen molar-refractivity contribution in [2.45, 2.75) is 108 Å². The molecule has 1 fully saturated rings. The molecule has 7 N–H and O–H groups in total. The van der Waals surface area contributed by atoms with E-state index in [9.17, 15) is 34.8 Å². The number of ketones is 2.